The molecule has 0 aromatic heterocycles. The quantitative estimate of drug-likeness (QED) is 0.680. The minimum atomic E-state index is -0.0669. The third-order valence-corrected chi connectivity index (χ3v) is 2.27. The molecule has 0 fully saturated rings. The van der Waals surface area contributed by atoms with E-state index in [1.54, 1.807) is 13.2 Å². The molecule has 0 aliphatic heterocycles. The molecule has 0 aliphatic carbocycles. The van der Waals surface area contributed by atoms with Gasteiger partial charge in [0, 0.05) is 12.6 Å². The first kappa shape index (κ1) is 13.0. The van der Waals surface area contributed by atoms with Gasteiger partial charge >= 0.3 is 0 Å². The van der Waals surface area contributed by atoms with Gasteiger partial charge in [0.2, 0.25) is 5.91 Å². The average molecular weight is 331 g/mol. The molecular formula is C12H14INO2. The van der Waals surface area contributed by atoms with Crippen LogP contribution < -0.4 is 10.1 Å². The molecule has 0 spiro atoms. The van der Waals surface area contributed by atoms with Gasteiger partial charge < -0.3 is 10.1 Å². The number of nitrogens with one attached hydrogen (secondary N) is 1. The maximum absolute atomic E-state index is 11.3. The maximum Gasteiger partial charge on any atom is 0.244 e. The predicted molar refractivity (Wildman–Crippen MR) is 72.6 cm³/mol. The van der Waals surface area contributed by atoms with Crippen LogP contribution in [0.5, 0.6) is 5.75 Å². The summed E-state index contributed by atoms with van der Waals surface area (Å²) in [4.78, 5) is 11.3. The maximum atomic E-state index is 11.3. The third kappa shape index (κ3) is 4.65. The summed E-state index contributed by atoms with van der Waals surface area (Å²) in [6.45, 7) is 2.41. The van der Waals surface area contributed by atoms with Gasteiger partial charge in [-0.2, -0.15) is 0 Å². The minimum Gasteiger partial charge on any atom is -0.497 e. The number of hydrogen-bond acceptors (Lipinski definition) is 2. The highest BCUT2D eigenvalue weighted by atomic mass is 127. The summed E-state index contributed by atoms with van der Waals surface area (Å²) in [5.41, 5.74) is 1.05. The third-order valence-electron chi connectivity index (χ3n) is 1.96. The number of ether oxygens (including phenoxy) is 1. The van der Waals surface area contributed by atoms with E-state index in [1.807, 2.05) is 31.2 Å². The monoisotopic (exact) mass is 331 g/mol. The number of benzene rings is 1. The minimum absolute atomic E-state index is 0.0669. The Morgan fingerprint density at radius 2 is 2.06 bits per heavy atom. The van der Waals surface area contributed by atoms with E-state index in [9.17, 15) is 4.79 Å². The number of hydrogen-bond donors (Lipinski definition) is 1. The van der Waals surface area contributed by atoms with Crippen LogP contribution in [0, 0.1) is 0 Å². The Morgan fingerprint density at radius 1 is 1.44 bits per heavy atom. The largest absolute Gasteiger partial charge is 0.497 e. The van der Waals surface area contributed by atoms with Crippen LogP contribution in [0.3, 0.4) is 0 Å². The molecule has 4 heteroatoms. The molecule has 86 valence electrons. The van der Waals surface area contributed by atoms with Crippen molar-refractivity contribution in [3.8, 4) is 5.75 Å². The van der Waals surface area contributed by atoms with E-state index in [2.05, 4.69) is 27.9 Å². The Morgan fingerprint density at radius 3 is 2.56 bits per heavy atom. The second kappa shape index (κ2) is 6.52. The Balaban J connectivity index is 2.48. The second-order valence-corrected chi connectivity index (χ2v) is 5.00. The van der Waals surface area contributed by atoms with E-state index in [1.165, 1.54) is 0 Å². The molecule has 0 aliphatic rings. The zero-order chi connectivity index (χ0) is 12.0. The van der Waals surface area contributed by atoms with Crippen molar-refractivity contribution in [2.75, 3.05) is 7.11 Å². The molecule has 0 atom stereocenters. The van der Waals surface area contributed by atoms with Gasteiger partial charge in [0.05, 0.1) is 7.11 Å². The standard InChI is InChI=1S/C12H14INO2/c1-9(13)7-12(15)14-8-10-3-5-11(16-2)6-4-10/h3-7H,8H2,1-2H3,(H,14,15)/b9-7+. The summed E-state index contributed by atoms with van der Waals surface area (Å²) < 4.78 is 6.01. The molecule has 1 N–H and O–H groups in total. The molecular weight excluding hydrogens is 317 g/mol. The van der Waals surface area contributed by atoms with Gasteiger partial charge in [0.1, 0.15) is 5.75 Å². The highest BCUT2D eigenvalue weighted by Crippen LogP contribution is 2.11. The Bertz CT molecular complexity index is 381. The highest BCUT2D eigenvalue weighted by molar-refractivity contribution is 14.1. The first-order valence-electron chi connectivity index (χ1n) is 4.86. The zero-order valence-electron chi connectivity index (χ0n) is 9.29. The summed E-state index contributed by atoms with van der Waals surface area (Å²) in [5, 5.41) is 2.81. The number of halogens is 1. The zero-order valence-corrected chi connectivity index (χ0v) is 11.4. The van der Waals surface area contributed by atoms with Gasteiger partial charge in [-0.05, 0) is 50.8 Å². The number of rotatable bonds is 4. The summed E-state index contributed by atoms with van der Waals surface area (Å²) in [6, 6.07) is 7.61. The number of methoxy groups -OCH3 is 1. The summed E-state index contributed by atoms with van der Waals surface area (Å²) in [7, 11) is 1.63. The van der Waals surface area contributed by atoms with Gasteiger partial charge in [-0.15, -0.1) is 0 Å². The van der Waals surface area contributed by atoms with Crippen LogP contribution >= 0.6 is 22.6 Å². The van der Waals surface area contributed by atoms with E-state index >= 15 is 0 Å². The molecule has 0 bridgehead atoms. The van der Waals surface area contributed by atoms with Gasteiger partial charge in [0.25, 0.3) is 0 Å². The molecule has 0 saturated heterocycles. The lowest BCUT2D eigenvalue weighted by Crippen LogP contribution is -2.20. The van der Waals surface area contributed by atoms with Crippen LogP contribution in [0.4, 0.5) is 0 Å². The normalized spacial score (nSPS) is 11.1. The van der Waals surface area contributed by atoms with Crippen LogP contribution in [-0.2, 0) is 11.3 Å². The van der Waals surface area contributed by atoms with Gasteiger partial charge in [-0.25, -0.2) is 0 Å². The van der Waals surface area contributed by atoms with Gasteiger partial charge in [-0.1, -0.05) is 12.1 Å². The lowest BCUT2D eigenvalue weighted by Gasteiger charge is -2.04. The van der Waals surface area contributed by atoms with E-state index in [-0.39, 0.29) is 5.91 Å². The van der Waals surface area contributed by atoms with Crippen LogP contribution in [0.2, 0.25) is 0 Å². The fourth-order valence-corrected chi connectivity index (χ4v) is 1.45. The summed E-state index contributed by atoms with van der Waals surface area (Å²) in [5.74, 6) is 0.751. The van der Waals surface area contributed by atoms with Crippen molar-refractivity contribution >= 4 is 28.5 Å². The van der Waals surface area contributed by atoms with E-state index in [0.717, 1.165) is 14.9 Å². The van der Waals surface area contributed by atoms with E-state index in [0.29, 0.717) is 6.54 Å². The molecule has 0 radical (unpaired) electrons. The van der Waals surface area contributed by atoms with Crippen molar-refractivity contribution in [1.29, 1.82) is 0 Å². The Kier molecular flexibility index (Phi) is 5.31. The van der Waals surface area contributed by atoms with Crippen LogP contribution in [0.15, 0.2) is 33.9 Å². The summed E-state index contributed by atoms with van der Waals surface area (Å²) >= 11 is 2.11. The Hall–Kier alpha value is -1.04. The van der Waals surface area contributed by atoms with Crippen molar-refractivity contribution in [2.24, 2.45) is 0 Å². The number of allylic oxidation sites excluding steroid dienone is 1. The number of carbonyl (C=O) groups excluding carboxylic acids is 1. The van der Waals surface area contributed by atoms with Crippen molar-refractivity contribution in [2.45, 2.75) is 13.5 Å². The summed E-state index contributed by atoms with van der Waals surface area (Å²) in [6.07, 6.45) is 1.57. The molecule has 3 nitrogen and oxygen atoms in total. The highest BCUT2D eigenvalue weighted by Gasteiger charge is 1.98. The molecule has 0 saturated carbocycles. The first-order chi connectivity index (χ1) is 7.61. The molecule has 0 heterocycles. The smallest absolute Gasteiger partial charge is 0.244 e. The SMILES string of the molecule is COc1ccc(CNC(=O)/C=C(\C)I)cc1. The van der Waals surface area contributed by atoms with Crippen molar-refractivity contribution < 1.29 is 9.53 Å². The van der Waals surface area contributed by atoms with E-state index in [4.69, 9.17) is 4.74 Å². The molecule has 1 rings (SSSR count). The van der Waals surface area contributed by atoms with Crippen LogP contribution in [0.1, 0.15) is 12.5 Å². The number of amides is 1. The van der Waals surface area contributed by atoms with Gasteiger partial charge in [0.15, 0.2) is 0 Å². The first-order valence-corrected chi connectivity index (χ1v) is 5.94. The predicted octanol–water partition coefficient (Wildman–Crippen LogP) is 2.65. The van der Waals surface area contributed by atoms with Crippen molar-refractivity contribution in [3.63, 3.8) is 0 Å². The average Bonchev–Trinajstić information content (AvgIpc) is 2.26. The lowest BCUT2D eigenvalue weighted by molar-refractivity contribution is -0.116. The topological polar surface area (TPSA) is 38.3 Å². The molecule has 16 heavy (non-hydrogen) atoms. The second-order valence-electron chi connectivity index (χ2n) is 3.30. The van der Waals surface area contributed by atoms with Gasteiger partial charge in [-0.3, -0.25) is 4.79 Å². The Labute approximate surface area is 109 Å². The fourth-order valence-electron chi connectivity index (χ4n) is 1.16. The van der Waals surface area contributed by atoms with E-state index < -0.39 is 0 Å². The molecule has 1 amide bonds. The van der Waals surface area contributed by atoms with Crippen molar-refractivity contribution in [1.82, 2.24) is 5.32 Å². The molecule has 1 aromatic carbocycles. The number of carbonyl (C=O) groups is 1. The molecule has 1 aromatic rings. The van der Waals surface area contributed by atoms with Crippen LogP contribution in [-0.4, -0.2) is 13.0 Å². The molecule has 0 unspecified atom stereocenters. The lowest BCUT2D eigenvalue weighted by atomic mass is 10.2. The van der Waals surface area contributed by atoms with Crippen molar-refractivity contribution in [3.05, 3.63) is 39.5 Å². The van der Waals surface area contributed by atoms with Crippen LogP contribution in [0.25, 0.3) is 0 Å². The fraction of sp³-hybridized carbons (Fsp3) is 0.250.